The molecule has 1 saturated carbocycles. The van der Waals surface area contributed by atoms with Gasteiger partial charge >= 0.3 is 5.97 Å². The first-order chi connectivity index (χ1) is 12.2. The van der Waals surface area contributed by atoms with Gasteiger partial charge in [-0.2, -0.15) is 0 Å². The van der Waals surface area contributed by atoms with Gasteiger partial charge in [-0.15, -0.1) is 24.0 Å². The summed E-state index contributed by atoms with van der Waals surface area (Å²) in [5, 5.41) is 6.86. The zero-order chi connectivity index (χ0) is 18.0. The van der Waals surface area contributed by atoms with Crippen molar-refractivity contribution >= 4 is 35.9 Å². The first kappa shape index (κ1) is 22.7. The molecule has 26 heavy (non-hydrogen) atoms. The van der Waals surface area contributed by atoms with Crippen LogP contribution in [0, 0.1) is 0 Å². The van der Waals surface area contributed by atoms with Gasteiger partial charge in [-0.3, -0.25) is 9.79 Å². The Balaban J connectivity index is 0.00000338. The Hall–Kier alpha value is -1.31. The maximum atomic E-state index is 11.1. The Morgan fingerprint density at radius 3 is 2.46 bits per heavy atom. The minimum atomic E-state index is -0.128. The van der Waals surface area contributed by atoms with E-state index in [0.29, 0.717) is 6.42 Å². The van der Waals surface area contributed by atoms with Gasteiger partial charge in [0.15, 0.2) is 5.96 Å². The number of methoxy groups -OCH3 is 1. The molecule has 1 aromatic carbocycles. The highest BCUT2D eigenvalue weighted by atomic mass is 127. The Bertz CT molecular complexity index is 559. The lowest BCUT2D eigenvalue weighted by Gasteiger charge is -2.43. The second-order valence-electron chi connectivity index (χ2n) is 6.74. The van der Waals surface area contributed by atoms with Crippen molar-refractivity contribution in [1.29, 1.82) is 0 Å². The Kier molecular flexibility index (Phi) is 10.6. The van der Waals surface area contributed by atoms with Crippen molar-refractivity contribution in [2.45, 2.75) is 50.4 Å². The number of ether oxygens (including phenoxy) is 1. The molecule has 0 radical (unpaired) electrons. The molecule has 0 amide bonds. The highest BCUT2D eigenvalue weighted by Gasteiger charge is 2.38. The van der Waals surface area contributed by atoms with Crippen molar-refractivity contribution in [3.05, 3.63) is 35.9 Å². The fourth-order valence-electron chi connectivity index (χ4n) is 3.32. The lowest BCUT2D eigenvalue weighted by Crippen LogP contribution is -2.49. The second kappa shape index (κ2) is 12.1. The molecule has 2 N–H and O–H groups in total. The van der Waals surface area contributed by atoms with E-state index in [2.05, 4.69) is 50.7 Å². The van der Waals surface area contributed by atoms with E-state index in [1.165, 1.54) is 31.9 Å². The van der Waals surface area contributed by atoms with Crippen LogP contribution in [0.4, 0.5) is 0 Å². The summed E-state index contributed by atoms with van der Waals surface area (Å²) >= 11 is 0. The van der Waals surface area contributed by atoms with Gasteiger partial charge in [0.2, 0.25) is 0 Å². The van der Waals surface area contributed by atoms with Gasteiger partial charge < -0.3 is 15.4 Å². The summed E-state index contributed by atoms with van der Waals surface area (Å²) in [4.78, 5) is 15.4. The molecule has 0 atom stereocenters. The van der Waals surface area contributed by atoms with Crippen LogP contribution in [0.25, 0.3) is 0 Å². The molecular formula is C20H32IN3O2. The number of carbonyl (C=O) groups excluding carboxylic acids is 1. The van der Waals surface area contributed by atoms with E-state index in [1.54, 1.807) is 0 Å². The van der Waals surface area contributed by atoms with Gasteiger partial charge in [0.05, 0.1) is 7.11 Å². The van der Waals surface area contributed by atoms with E-state index in [-0.39, 0.29) is 35.4 Å². The summed E-state index contributed by atoms with van der Waals surface area (Å²) in [6, 6.07) is 10.8. The van der Waals surface area contributed by atoms with Gasteiger partial charge in [0, 0.05) is 32.0 Å². The van der Waals surface area contributed by atoms with Crippen LogP contribution in [0.15, 0.2) is 35.3 Å². The van der Waals surface area contributed by atoms with Gasteiger partial charge in [-0.25, -0.2) is 0 Å². The normalized spacial score (nSPS) is 15.4. The smallest absolute Gasteiger partial charge is 0.305 e. The third-order valence-electron chi connectivity index (χ3n) is 5.09. The molecule has 0 unspecified atom stereocenters. The maximum absolute atomic E-state index is 11.1. The van der Waals surface area contributed by atoms with Crippen LogP contribution in [-0.4, -0.2) is 39.2 Å². The van der Waals surface area contributed by atoms with E-state index in [0.717, 1.165) is 38.3 Å². The summed E-state index contributed by atoms with van der Waals surface area (Å²) < 4.78 is 4.65. The predicted octanol–water partition coefficient (Wildman–Crippen LogP) is 3.62. The molecule has 0 aliphatic heterocycles. The molecule has 5 nitrogen and oxygen atoms in total. The summed E-state index contributed by atoms with van der Waals surface area (Å²) in [6.07, 6.45) is 7.15. The summed E-state index contributed by atoms with van der Waals surface area (Å²) in [7, 11) is 3.24. The molecule has 1 aliphatic rings. The van der Waals surface area contributed by atoms with Crippen LogP contribution < -0.4 is 10.6 Å². The number of benzene rings is 1. The minimum Gasteiger partial charge on any atom is -0.469 e. The molecule has 0 spiro atoms. The second-order valence-corrected chi connectivity index (χ2v) is 6.74. The van der Waals surface area contributed by atoms with E-state index >= 15 is 0 Å². The Morgan fingerprint density at radius 2 is 1.88 bits per heavy atom. The van der Waals surface area contributed by atoms with Crippen LogP contribution in [0.5, 0.6) is 0 Å². The van der Waals surface area contributed by atoms with Crippen molar-refractivity contribution < 1.29 is 9.53 Å². The van der Waals surface area contributed by atoms with Gasteiger partial charge in [-0.05, 0) is 31.2 Å². The van der Waals surface area contributed by atoms with Crippen LogP contribution in [0.3, 0.4) is 0 Å². The number of hydrogen-bond acceptors (Lipinski definition) is 3. The third-order valence-corrected chi connectivity index (χ3v) is 5.09. The molecule has 0 bridgehead atoms. The molecule has 1 aromatic rings. The van der Waals surface area contributed by atoms with Gasteiger partial charge in [0.1, 0.15) is 0 Å². The quantitative estimate of drug-likeness (QED) is 0.189. The first-order valence-electron chi connectivity index (χ1n) is 9.27. The minimum absolute atomic E-state index is 0. The van der Waals surface area contributed by atoms with E-state index < -0.39 is 0 Å². The number of hydrogen-bond donors (Lipinski definition) is 2. The lowest BCUT2D eigenvalue weighted by molar-refractivity contribution is -0.140. The van der Waals surface area contributed by atoms with Crippen LogP contribution in [0.2, 0.25) is 0 Å². The molecule has 0 aromatic heterocycles. The van der Waals surface area contributed by atoms with Crippen LogP contribution in [0.1, 0.15) is 50.5 Å². The molecule has 0 saturated heterocycles. The van der Waals surface area contributed by atoms with Crippen molar-refractivity contribution in [3.8, 4) is 0 Å². The monoisotopic (exact) mass is 473 g/mol. The summed E-state index contributed by atoms with van der Waals surface area (Å²) in [6.45, 7) is 1.78. The van der Waals surface area contributed by atoms with Gasteiger partial charge in [0.25, 0.3) is 0 Å². The standard InChI is InChI=1S/C20H31N3O2.HI/c1-21-19(22-15-8-4-7-12-18(24)25-2)23-16-20(13-9-14-20)17-10-5-3-6-11-17;/h3,5-6,10-11H,4,7-9,12-16H2,1-2H3,(H2,21,22,23);1H. The molecule has 146 valence electrons. The topological polar surface area (TPSA) is 62.7 Å². The third kappa shape index (κ3) is 6.78. The van der Waals surface area contributed by atoms with E-state index in [4.69, 9.17) is 0 Å². The molecular weight excluding hydrogens is 441 g/mol. The largest absolute Gasteiger partial charge is 0.469 e. The highest BCUT2D eigenvalue weighted by Crippen LogP contribution is 2.43. The zero-order valence-electron chi connectivity index (χ0n) is 15.9. The number of nitrogens with zero attached hydrogens (tertiary/aromatic N) is 1. The SMILES string of the molecule is CN=C(NCCCCCC(=O)OC)NCC1(c2ccccc2)CCC1.I. The van der Waals surface area contributed by atoms with Crippen LogP contribution in [-0.2, 0) is 14.9 Å². The summed E-state index contributed by atoms with van der Waals surface area (Å²) in [5.41, 5.74) is 1.67. The van der Waals surface area contributed by atoms with Crippen molar-refractivity contribution in [1.82, 2.24) is 10.6 Å². The van der Waals surface area contributed by atoms with E-state index in [9.17, 15) is 4.79 Å². The molecule has 6 heteroatoms. The molecule has 1 fully saturated rings. The first-order valence-corrected chi connectivity index (χ1v) is 9.27. The fourth-order valence-corrected chi connectivity index (χ4v) is 3.32. The summed E-state index contributed by atoms with van der Waals surface area (Å²) in [5.74, 6) is 0.729. The average Bonchev–Trinajstić information content (AvgIpc) is 2.62. The molecule has 1 aliphatic carbocycles. The van der Waals surface area contributed by atoms with Crippen molar-refractivity contribution in [2.75, 3.05) is 27.2 Å². The average molecular weight is 473 g/mol. The number of halogens is 1. The predicted molar refractivity (Wildman–Crippen MR) is 117 cm³/mol. The maximum Gasteiger partial charge on any atom is 0.305 e. The lowest BCUT2D eigenvalue weighted by atomic mass is 9.64. The number of guanidine groups is 1. The van der Waals surface area contributed by atoms with Crippen molar-refractivity contribution in [3.63, 3.8) is 0 Å². The number of rotatable bonds is 9. The zero-order valence-corrected chi connectivity index (χ0v) is 18.3. The molecule has 0 heterocycles. The molecule has 2 rings (SSSR count). The number of nitrogens with one attached hydrogen (secondary N) is 2. The van der Waals surface area contributed by atoms with E-state index in [1.807, 2.05) is 7.05 Å². The number of carbonyl (C=O) groups is 1. The number of unbranched alkanes of at least 4 members (excludes halogenated alkanes) is 2. The number of aliphatic imine (C=N–C) groups is 1. The fraction of sp³-hybridized carbons (Fsp3) is 0.600. The number of esters is 1. The van der Waals surface area contributed by atoms with Crippen LogP contribution >= 0.6 is 24.0 Å². The van der Waals surface area contributed by atoms with Gasteiger partial charge in [-0.1, -0.05) is 43.2 Å². The Labute approximate surface area is 174 Å². The van der Waals surface area contributed by atoms with Crippen molar-refractivity contribution in [2.24, 2.45) is 4.99 Å². The Morgan fingerprint density at radius 1 is 1.15 bits per heavy atom. The highest BCUT2D eigenvalue weighted by molar-refractivity contribution is 14.0.